The average molecular weight is 191 g/mol. The van der Waals surface area contributed by atoms with Gasteiger partial charge in [-0.3, -0.25) is 9.59 Å². The molecule has 0 saturated carbocycles. The van der Waals surface area contributed by atoms with Crippen molar-refractivity contribution in [2.75, 3.05) is 5.73 Å². The van der Waals surface area contributed by atoms with Crippen LogP contribution in [0.3, 0.4) is 0 Å². The van der Waals surface area contributed by atoms with E-state index in [0.29, 0.717) is 0 Å². The molecular formula is C5H3ClN2O2S. The Labute approximate surface area is 71.0 Å². The van der Waals surface area contributed by atoms with Gasteiger partial charge in [0.25, 0.3) is 11.0 Å². The minimum Gasteiger partial charge on any atom is -0.375 e. The lowest BCUT2D eigenvalue weighted by Crippen LogP contribution is -2.07. The van der Waals surface area contributed by atoms with Gasteiger partial charge in [-0.15, -0.1) is 11.3 Å². The molecule has 0 aromatic carbocycles. The van der Waals surface area contributed by atoms with Crippen molar-refractivity contribution in [3.63, 3.8) is 0 Å². The van der Waals surface area contributed by atoms with E-state index in [9.17, 15) is 9.59 Å². The molecule has 1 rings (SSSR count). The molecule has 2 N–H and O–H groups in total. The first-order valence-electron chi connectivity index (χ1n) is 2.56. The molecule has 1 heterocycles. The van der Waals surface area contributed by atoms with Crippen molar-refractivity contribution in [1.29, 1.82) is 0 Å². The second kappa shape index (κ2) is 2.98. The number of hydrogen-bond donors (Lipinski definition) is 1. The number of nitrogens with zero attached hydrogens (tertiary/aromatic N) is 1. The molecule has 0 unspecified atom stereocenters. The van der Waals surface area contributed by atoms with Gasteiger partial charge in [-0.1, -0.05) is 0 Å². The van der Waals surface area contributed by atoms with Crippen molar-refractivity contribution in [2.45, 2.75) is 0 Å². The molecule has 0 radical (unpaired) electrons. The van der Waals surface area contributed by atoms with Gasteiger partial charge in [-0.25, -0.2) is 4.98 Å². The Morgan fingerprint density at radius 3 is 2.64 bits per heavy atom. The summed E-state index contributed by atoms with van der Waals surface area (Å²) in [6, 6.07) is 0. The first-order chi connectivity index (χ1) is 5.11. The second-order valence-corrected chi connectivity index (χ2v) is 2.91. The number of Topliss-reactive ketones (excluding diaryl/α,β-unsaturated/α-hetero) is 1. The Hall–Kier alpha value is -0.940. The van der Waals surface area contributed by atoms with Crippen molar-refractivity contribution >= 4 is 39.1 Å². The number of thiazole rings is 1. The van der Waals surface area contributed by atoms with E-state index in [-0.39, 0.29) is 10.8 Å². The lowest BCUT2D eigenvalue weighted by Gasteiger charge is -1.84. The van der Waals surface area contributed by atoms with E-state index < -0.39 is 11.0 Å². The highest BCUT2D eigenvalue weighted by Gasteiger charge is 2.15. The summed E-state index contributed by atoms with van der Waals surface area (Å²) in [5.41, 5.74) is 5.22. The van der Waals surface area contributed by atoms with Crippen LogP contribution in [0.1, 0.15) is 10.5 Å². The quantitative estimate of drug-likeness (QED) is 0.423. The Kier molecular flexibility index (Phi) is 2.21. The summed E-state index contributed by atoms with van der Waals surface area (Å²) in [4.78, 5) is 24.6. The lowest BCUT2D eigenvalue weighted by atomic mass is 10.3. The fraction of sp³-hybridized carbons (Fsp3) is 0. The van der Waals surface area contributed by atoms with Gasteiger partial charge in [-0.05, 0) is 11.6 Å². The van der Waals surface area contributed by atoms with Crippen LogP contribution in [0, 0.1) is 0 Å². The summed E-state index contributed by atoms with van der Waals surface area (Å²) in [6.45, 7) is 0. The van der Waals surface area contributed by atoms with Crippen LogP contribution in [-0.2, 0) is 4.79 Å². The third kappa shape index (κ3) is 1.75. The van der Waals surface area contributed by atoms with Crippen LogP contribution in [0.15, 0.2) is 5.38 Å². The van der Waals surface area contributed by atoms with Gasteiger partial charge in [0.15, 0.2) is 5.13 Å². The van der Waals surface area contributed by atoms with Crippen LogP contribution in [0.5, 0.6) is 0 Å². The van der Waals surface area contributed by atoms with Crippen LogP contribution in [-0.4, -0.2) is 16.0 Å². The minimum absolute atomic E-state index is 0.00694. The van der Waals surface area contributed by atoms with E-state index in [1.54, 1.807) is 0 Å². The monoisotopic (exact) mass is 190 g/mol. The van der Waals surface area contributed by atoms with E-state index >= 15 is 0 Å². The molecule has 0 atom stereocenters. The average Bonchev–Trinajstić information content (AvgIpc) is 2.34. The summed E-state index contributed by atoms with van der Waals surface area (Å²) in [5.74, 6) is -0.820. The van der Waals surface area contributed by atoms with Gasteiger partial charge < -0.3 is 5.73 Å². The minimum atomic E-state index is -1.05. The van der Waals surface area contributed by atoms with Gasteiger partial charge in [-0.2, -0.15) is 0 Å². The standard InChI is InChI=1S/C5H3ClN2O2S/c6-4(10)3(9)2-1-11-5(7)8-2/h1H,(H2,7,8). The number of hydrogen-bond acceptors (Lipinski definition) is 5. The van der Waals surface area contributed by atoms with Crippen LogP contribution in [0.25, 0.3) is 0 Å². The largest absolute Gasteiger partial charge is 0.375 e. The molecule has 0 fully saturated rings. The van der Waals surface area contributed by atoms with Gasteiger partial charge in [0, 0.05) is 5.38 Å². The molecule has 0 bridgehead atoms. The van der Waals surface area contributed by atoms with Crippen LogP contribution < -0.4 is 5.73 Å². The molecule has 0 aliphatic carbocycles. The summed E-state index contributed by atoms with van der Waals surface area (Å²) in [6.07, 6.45) is 0. The molecule has 1 aromatic rings. The predicted molar refractivity (Wildman–Crippen MR) is 41.7 cm³/mol. The summed E-state index contributed by atoms with van der Waals surface area (Å²) in [7, 11) is 0. The second-order valence-electron chi connectivity index (χ2n) is 1.67. The number of aromatic nitrogens is 1. The number of rotatable bonds is 2. The van der Waals surface area contributed by atoms with E-state index in [0.717, 1.165) is 11.3 Å². The highest BCUT2D eigenvalue weighted by molar-refractivity contribution is 7.13. The number of carbonyl (C=O) groups is 2. The first kappa shape index (κ1) is 8.16. The number of anilines is 1. The first-order valence-corrected chi connectivity index (χ1v) is 3.82. The van der Waals surface area contributed by atoms with Gasteiger partial charge in [0.1, 0.15) is 5.69 Å². The Morgan fingerprint density at radius 2 is 2.27 bits per heavy atom. The van der Waals surface area contributed by atoms with Crippen molar-refractivity contribution in [1.82, 2.24) is 4.98 Å². The van der Waals surface area contributed by atoms with Crippen molar-refractivity contribution in [2.24, 2.45) is 0 Å². The smallest absolute Gasteiger partial charge is 0.294 e. The van der Waals surface area contributed by atoms with Crippen molar-refractivity contribution in [3.05, 3.63) is 11.1 Å². The number of nitrogen functional groups attached to an aromatic ring is 1. The molecule has 0 saturated heterocycles. The molecular weight excluding hydrogens is 188 g/mol. The molecule has 58 valence electrons. The third-order valence-electron chi connectivity index (χ3n) is 0.933. The number of carbonyl (C=O) groups excluding carboxylic acids is 2. The maximum absolute atomic E-state index is 10.8. The summed E-state index contributed by atoms with van der Waals surface area (Å²) in [5, 5.41) is 0.583. The molecule has 1 aromatic heterocycles. The lowest BCUT2D eigenvalue weighted by molar-refractivity contribution is -0.108. The Bertz CT molecular complexity index is 309. The van der Waals surface area contributed by atoms with Crippen LogP contribution >= 0.6 is 22.9 Å². The SMILES string of the molecule is Nc1nc(C(=O)C(=O)Cl)cs1. The van der Waals surface area contributed by atoms with Crippen LogP contribution in [0.2, 0.25) is 0 Å². The molecule has 0 spiro atoms. The normalized spacial score (nSPS) is 9.55. The van der Waals surface area contributed by atoms with Crippen molar-refractivity contribution in [3.8, 4) is 0 Å². The predicted octanol–water partition coefficient (Wildman–Crippen LogP) is 0.673. The zero-order valence-corrected chi connectivity index (χ0v) is 6.78. The van der Waals surface area contributed by atoms with Gasteiger partial charge in [0.2, 0.25) is 0 Å². The van der Waals surface area contributed by atoms with Crippen molar-refractivity contribution < 1.29 is 9.59 Å². The molecule has 0 aliphatic rings. The Balaban J connectivity index is 2.94. The van der Waals surface area contributed by atoms with E-state index in [4.69, 9.17) is 17.3 Å². The topological polar surface area (TPSA) is 73.0 Å². The van der Waals surface area contributed by atoms with E-state index in [2.05, 4.69) is 4.98 Å². The molecule has 6 heteroatoms. The molecule has 0 amide bonds. The molecule has 0 aliphatic heterocycles. The van der Waals surface area contributed by atoms with Crippen LogP contribution in [0.4, 0.5) is 5.13 Å². The number of ketones is 1. The Morgan fingerprint density at radius 1 is 1.64 bits per heavy atom. The highest BCUT2D eigenvalue weighted by Crippen LogP contribution is 2.11. The third-order valence-corrected chi connectivity index (χ3v) is 1.78. The fourth-order valence-corrected chi connectivity index (χ4v) is 1.13. The maximum Gasteiger partial charge on any atom is 0.294 e. The zero-order chi connectivity index (χ0) is 8.43. The van der Waals surface area contributed by atoms with Gasteiger partial charge >= 0.3 is 0 Å². The van der Waals surface area contributed by atoms with E-state index in [1.807, 2.05) is 0 Å². The number of nitrogens with two attached hydrogens (primary N) is 1. The van der Waals surface area contributed by atoms with E-state index in [1.165, 1.54) is 5.38 Å². The highest BCUT2D eigenvalue weighted by atomic mass is 35.5. The zero-order valence-electron chi connectivity index (χ0n) is 5.20. The molecule has 4 nitrogen and oxygen atoms in total. The summed E-state index contributed by atoms with van der Waals surface area (Å²) < 4.78 is 0. The molecule has 11 heavy (non-hydrogen) atoms. The summed E-state index contributed by atoms with van der Waals surface area (Å²) >= 11 is 5.99. The fourth-order valence-electron chi connectivity index (χ4n) is 0.493. The number of halogens is 1. The maximum atomic E-state index is 10.8. The van der Waals surface area contributed by atoms with Gasteiger partial charge in [0.05, 0.1) is 0 Å².